The number of imide groups is 1. The predicted octanol–water partition coefficient (Wildman–Crippen LogP) is 1.96. The second-order valence-corrected chi connectivity index (χ2v) is 4.99. The molecule has 0 aliphatic rings. The lowest BCUT2D eigenvalue weighted by molar-refractivity contribution is -0.120. The van der Waals surface area contributed by atoms with Gasteiger partial charge < -0.3 is 15.0 Å². The molecule has 0 heterocycles. The van der Waals surface area contributed by atoms with Crippen LogP contribution >= 0.6 is 0 Å². The Hall–Kier alpha value is -2.22. The van der Waals surface area contributed by atoms with Gasteiger partial charge in [0.2, 0.25) is 5.91 Å². The number of hydrogen-bond acceptors (Lipinski definition) is 4. The summed E-state index contributed by atoms with van der Waals surface area (Å²) in [7, 11) is 3.29. The number of rotatable bonds is 8. The van der Waals surface area contributed by atoms with Gasteiger partial charge in [-0.05, 0) is 37.7 Å². The third-order valence-electron chi connectivity index (χ3n) is 3.00. The minimum atomic E-state index is -2.85. The van der Waals surface area contributed by atoms with E-state index >= 15 is 0 Å². The smallest absolute Gasteiger partial charge is 0.387 e. The number of carbonyl (C=O) groups is 2. The summed E-state index contributed by atoms with van der Waals surface area (Å²) in [5, 5.41) is 4.48. The van der Waals surface area contributed by atoms with Crippen molar-refractivity contribution in [2.45, 2.75) is 26.0 Å². The Morgan fingerprint density at radius 3 is 2.74 bits per heavy atom. The Bertz CT molecular complexity index is 526. The van der Waals surface area contributed by atoms with E-state index in [1.54, 1.807) is 12.1 Å². The van der Waals surface area contributed by atoms with Crippen LogP contribution in [0.5, 0.6) is 5.75 Å². The molecule has 1 aromatic rings. The highest BCUT2D eigenvalue weighted by molar-refractivity contribution is 5.94. The molecular weight excluding hydrogens is 308 g/mol. The lowest BCUT2D eigenvalue weighted by atomic mass is 10.2. The molecule has 2 N–H and O–H groups in total. The molecule has 0 bridgehead atoms. The molecular formula is C15H21F2N3O3. The SMILES string of the molecule is CNC(=O)NC(=O)CCCN(C)Cc1cccc(OC(F)F)c1. The predicted molar refractivity (Wildman–Crippen MR) is 81.2 cm³/mol. The summed E-state index contributed by atoms with van der Waals surface area (Å²) in [5.74, 6) is -0.221. The number of halogens is 2. The summed E-state index contributed by atoms with van der Waals surface area (Å²) in [6, 6.07) is 5.96. The summed E-state index contributed by atoms with van der Waals surface area (Å²) in [6.45, 7) is -1.68. The van der Waals surface area contributed by atoms with Gasteiger partial charge in [-0.1, -0.05) is 12.1 Å². The van der Waals surface area contributed by atoms with Crippen molar-refractivity contribution in [3.05, 3.63) is 29.8 Å². The first-order chi connectivity index (χ1) is 10.9. The van der Waals surface area contributed by atoms with Crippen molar-refractivity contribution >= 4 is 11.9 Å². The highest BCUT2D eigenvalue weighted by Crippen LogP contribution is 2.17. The highest BCUT2D eigenvalue weighted by atomic mass is 19.3. The molecule has 0 radical (unpaired) electrons. The van der Waals surface area contributed by atoms with Crippen molar-refractivity contribution in [2.24, 2.45) is 0 Å². The number of nitrogens with zero attached hydrogens (tertiary/aromatic N) is 1. The molecule has 3 amide bonds. The summed E-state index contributed by atoms with van der Waals surface area (Å²) in [4.78, 5) is 24.3. The van der Waals surface area contributed by atoms with Crippen LogP contribution in [-0.4, -0.2) is 44.1 Å². The maximum absolute atomic E-state index is 12.2. The Kier molecular flexibility index (Phi) is 7.96. The van der Waals surface area contributed by atoms with E-state index in [-0.39, 0.29) is 18.1 Å². The zero-order valence-electron chi connectivity index (χ0n) is 13.1. The van der Waals surface area contributed by atoms with E-state index in [1.807, 2.05) is 18.0 Å². The Morgan fingerprint density at radius 1 is 1.35 bits per heavy atom. The molecule has 0 spiro atoms. The topological polar surface area (TPSA) is 70.7 Å². The fourth-order valence-corrected chi connectivity index (χ4v) is 1.97. The maximum atomic E-state index is 12.2. The first-order valence-electron chi connectivity index (χ1n) is 7.14. The Labute approximate surface area is 133 Å². The Balaban J connectivity index is 2.35. The summed E-state index contributed by atoms with van der Waals surface area (Å²) in [6.07, 6.45) is 0.804. The molecule has 0 atom stereocenters. The molecule has 0 saturated carbocycles. The average Bonchev–Trinajstić information content (AvgIpc) is 2.46. The minimum absolute atomic E-state index is 0.121. The van der Waals surface area contributed by atoms with Gasteiger partial charge in [0, 0.05) is 20.0 Å². The standard InChI is InChI=1S/C15H21F2N3O3/c1-18-15(22)19-13(21)7-4-8-20(2)10-11-5-3-6-12(9-11)23-14(16)17/h3,5-6,9,14H,4,7-8,10H2,1-2H3,(H2,18,19,21,22). The van der Waals surface area contributed by atoms with Crippen molar-refractivity contribution in [1.82, 2.24) is 15.5 Å². The highest BCUT2D eigenvalue weighted by Gasteiger charge is 2.08. The zero-order valence-corrected chi connectivity index (χ0v) is 13.1. The van der Waals surface area contributed by atoms with Gasteiger partial charge in [0.1, 0.15) is 5.75 Å². The fraction of sp³-hybridized carbons (Fsp3) is 0.467. The first kappa shape index (κ1) is 18.8. The number of nitrogens with one attached hydrogen (secondary N) is 2. The lowest BCUT2D eigenvalue weighted by Gasteiger charge is -2.17. The summed E-state index contributed by atoms with van der Waals surface area (Å²) in [5.41, 5.74) is 0.834. The molecule has 8 heteroatoms. The van der Waals surface area contributed by atoms with Gasteiger partial charge in [0.15, 0.2) is 0 Å². The monoisotopic (exact) mass is 329 g/mol. The van der Waals surface area contributed by atoms with E-state index in [2.05, 4.69) is 15.4 Å². The number of amides is 3. The molecule has 1 aromatic carbocycles. The van der Waals surface area contributed by atoms with Crippen molar-refractivity contribution < 1.29 is 23.1 Å². The van der Waals surface area contributed by atoms with Crippen LogP contribution in [0.15, 0.2) is 24.3 Å². The summed E-state index contributed by atoms with van der Waals surface area (Å²) >= 11 is 0. The number of alkyl halides is 2. The number of ether oxygens (including phenoxy) is 1. The van der Waals surface area contributed by atoms with Crippen LogP contribution in [0, 0.1) is 0 Å². The van der Waals surface area contributed by atoms with E-state index < -0.39 is 12.6 Å². The van der Waals surface area contributed by atoms with Crippen LogP contribution in [-0.2, 0) is 11.3 Å². The Morgan fingerprint density at radius 2 is 2.09 bits per heavy atom. The van der Waals surface area contributed by atoms with E-state index in [0.29, 0.717) is 19.5 Å². The third kappa shape index (κ3) is 8.10. The van der Waals surface area contributed by atoms with Crippen LogP contribution < -0.4 is 15.4 Å². The van der Waals surface area contributed by atoms with E-state index in [9.17, 15) is 18.4 Å². The van der Waals surface area contributed by atoms with Crippen LogP contribution in [0.4, 0.5) is 13.6 Å². The van der Waals surface area contributed by atoms with Gasteiger partial charge >= 0.3 is 12.6 Å². The molecule has 0 aliphatic carbocycles. The molecule has 0 aromatic heterocycles. The molecule has 0 aliphatic heterocycles. The van der Waals surface area contributed by atoms with E-state index in [4.69, 9.17) is 0 Å². The molecule has 128 valence electrons. The van der Waals surface area contributed by atoms with Gasteiger partial charge in [-0.3, -0.25) is 10.1 Å². The van der Waals surface area contributed by atoms with Crippen LogP contribution in [0.3, 0.4) is 0 Å². The molecule has 0 fully saturated rings. The first-order valence-corrected chi connectivity index (χ1v) is 7.14. The van der Waals surface area contributed by atoms with Crippen molar-refractivity contribution in [2.75, 3.05) is 20.6 Å². The zero-order chi connectivity index (χ0) is 17.2. The van der Waals surface area contributed by atoms with Gasteiger partial charge in [0.25, 0.3) is 0 Å². The quantitative estimate of drug-likeness (QED) is 0.765. The second-order valence-electron chi connectivity index (χ2n) is 4.99. The van der Waals surface area contributed by atoms with Gasteiger partial charge in [-0.25, -0.2) is 4.79 Å². The lowest BCUT2D eigenvalue weighted by Crippen LogP contribution is -2.37. The number of benzene rings is 1. The molecule has 0 saturated heterocycles. The largest absolute Gasteiger partial charge is 0.435 e. The van der Waals surface area contributed by atoms with Crippen molar-refractivity contribution in [3.63, 3.8) is 0 Å². The molecule has 1 rings (SSSR count). The molecule has 23 heavy (non-hydrogen) atoms. The summed E-state index contributed by atoms with van der Waals surface area (Å²) < 4.78 is 28.7. The molecule has 0 unspecified atom stereocenters. The second kappa shape index (κ2) is 9.73. The van der Waals surface area contributed by atoms with E-state index in [1.165, 1.54) is 13.1 Å². The number of hydrogen-bond donors (Lipinski definition) is 2. The minimum Gasteiger partial charge on any atom is -0.435 e. The van der Waals surface area contributed by atoms with Crippen molar-refractivity contribution in [3.8, 4) is 5.75 Å². The third-order valence-corrected chi connectivity index (χ3v) is 3.00. The van der Waals surface area contributed by atoms with Crippen LogP contribution in [0.25, 0.3) is 0 Å². The van der Waals surface area contributed by atoms with Gasteiger partial charge in [-0.15, -0.1) is 0 Å². The van der Waals surface area contributed by atoms with Gasteiger partial charge in [0.05, 0.1) is 0 Å². The fourth-order valence-electron chi connectivity index (χ4n) is 1.97. The van der Waals surface area contributed by atoms with Crippen molar-refractivity contribution in [1.29, 1.82) is 0 Å². The average molecular weight is 329 g/mol. The molecule has 6 nitrogen and oxygen atoms in total. The number of urea groups is 1. The van der Waals surface area contributed by atoms with Gasteiger partial charge in [-0.2, -0.15) is 8.78 Å². The van der Waals surface area contributed by atoms with E-state index in [0.717, 1.165) is 5.56 Å². The number of carbonyl (C=O) groups excluding carboxylic acids is 2. The maximum Gasteiger partial charge on any atom is 0.387 e. The van der Waals surface area contributed by atoms with Crippen LogP contribution in [0.2, 0.25) is 0 Å². The van der Waals surface area contributed by atoms with Crippen LogP contribution in [0.1, 0.15) is 18.4 Å². The normalized spacial score (nSPS) is 10.7.